The van der Waals surface area contributed by atoms with E-state index < -0.39 is 12.1 Å². The summed E-state index contributed by atoms with van der Waals surface area (Å²) >= 11 is 5.26. The first-order chi connectivity index (χ1) is 8.11. The number of rotatable bonds is 4. The maximum atomic E-state index is 11.6. The quantitative estimate of drug-likeness (QED) is 0.470. The first-order valence-electron chi connectivity index (χ1n) is 5.01. The molecule has 1 rings (SSSR count). The van der Waals surface area contributed by atoms with Crippen LogP contribution in [0.4, 0.5) is 0 Å². The minimum absolute atomic E-state index is 0.236. The van der Waals surface area contributed by atoms with Crippen LogP contribution in [-0.4, -0.2) is 17.7 Å². The Hall–Kier alpha value is -0.400. The van der Waals surface area contributed by atoms with Gasteiger partial charge in [0.2, 0.25) is 0 Å². The molecular weight excluding hydrogens is 399 g/mol. The van der Waals surface area contributed by atoms with E-state index in [0.717, 1.165) is 4.47 Å². The molecular formula is C12H12BrIO3. The van der Waals surface area contributed by atoms with E-state index in [1.54, 1.807) is 23.1 Å². The number of aliphatic hydroxyl groups excluding tert-OH is 1. The first-order valence-corrected chi connectivity index (χ1v) is 7.05. The number of halogens is 2. The summed E-state index contributed by atoms with van der Waals surface area (Å²) in [5.74, 6) is -0.495. The Kier molecular flexibility index (Phi) is 6.15. The Balaban J connectivity index is 2.99. The van der Waals surface area contributed by atoms with Crippen LogP contribution in [0.25, 0.3) is 0 Å². The Bertz CT molecular complexity index is 432. The summed E-state index contributed by atoms with van der Waals surface area (Å²) in [5.41, 5.74) is 0.878. The van der Waals surface area contributed by atoms with Crippen LogP contribution >= 0.6 is 38.5 Å². The van der Waals surface area contributed by atoms with Crippen LogP contribution in [0.5, 0.6) is 0 Å². The SMILES string of the molecule is CCOC(=O)/C(=C\I)C(O)c1ccccc1Br. The molecule has 0 aliphatic carbocycles. The number of benzene rings is 1. The number of carbonyl (C=O) groups excluding carboxylic acids is 1. The van der Waals surface area contributed by atoms with E-state index >= 15 is 0 Å². The molecule has 1 atom stereocenters. The number of esters is 1. The summed E-state index contributed by atoms with van der Waals surface area (Å²) < 4.78 is 7.19. The number of aliphatic hydroxyl groups is 1. The zero-order chi connectivity index (χ0) is 12.8. The second kappa shape index (κ2) is 7.13. The van der Waals surface area contributed by atoms with Crippen molar-refractivity contribution >= 4 is 44.5 Å². The van der Waals surface area contributed by atoms with Crippen molar-refractivity contribution in [1.82, 2.24) is 0 Å². The van der Waals surface area contributed by atoms with E-state index in [2.05, 4.69) is 15.9 Å². The fourth-order valence-electron chi connectivity index (χ4n) is 1.29. The third-order valence-corrected chi connectivity index (χ3v) is 3.52. The van der Waals surface area contributed by atoms with Crippen molar-refractivity contribution < 1.29 is 14.6 Å². The molecule has 0 amide bonds. The van der Waals surface area contributed by atoms with Gasteiger partial charge in [0.1, 0.15) is 6.10 Å². The molecule has 1 aromatic carbocycles. The highest BCUT2D eigenvalue weighted by molar-refractivity contribution is 14.1. The maximum Gasteiger partial charge on any atom is 0.337 e. The summed E-state index contributed by atoms with van der Waals surface area (Å²) in [5, 5.41) is 10.2. The lowest BCUT2D eigenvalue weighted by molar-refractivity contribution is -0.139. The van der Waals surface area contributed by atoms with Crippen molar-refractivity contribution in [2.24, 2.45) is 0 Å². The third kappa shape index (κ3) is 3.79. The van der Waals surface area contributed by atoms with Gasteiger partial charge in [0.25, 0.3) is 0 Å². The normalized spacial score (nSPS) is 13.3. The highest BCUT2D eigenvalue weighted by atomic mass is 127. The van der Waals surface area contributed by atoms with E-state index in [0.29, 0.717) is 5.56 Å². The van der Waals surface area contributed by atoms with Crippen LogP contribution < -0.4 is 0 Å². The summed E-state index contributed by atoms with van der Waals surface area (Å²) in [4.78, 5) is 11.6. The number of hydrogen-bond donors (Lipinski definition) is 1. The van der Waals surface area contributed by atoms with Crippen LogP contribution in [0.2, 0.25) is 0 Å². The standard InChI is InChI=1S/C12H12BrIO3/c1-2-17-12(16)9(7-14)11(15)8-5-3-4-6-10(8)13/h3-7,11,15H,2H2,1H3/b9-7-. The predicted molar refractivity (Wildman–Crippen MR) is 77.8 cm³/mol. The summed E-state index contributed by atoms with van der Waals surface area (Å²) in [7, 11) is 0. The van der Waals surface area contributed by atoms with Crippen molar-refractivity contribution in [1.29, 1.82) is 0 Å². The number of hydrogen-bond acceptors (Lipinski definition) is 3. The van der Waals surface area contributed by atoms with Gasteiger partial charge in [0, 0.05) is 4.47 Å². The molecule has 0 heterocycles. The average Bonchev–Trinajstić information content (AvgIpc) is 2.30. The van der Waals surface area contributed by atoms with Gasteiger partial charge in [-0.25, -0.2) is 4.79 Å². The molecule has 0 aliphatic rings. The molecule has 0 fully saturated rings. The second-order valence-corrected chi connectivity index (χ2v) is 4.69. The van der Waals surface area contributed by atoms with Gasteiger partial charge in [-0.1, -0.05) is 56.7 Å². The van der Waals surface area contributed by atoms with E-state index in [4.69, 9.17) is 4.74 Å². The Morgan fingerprint density at radius 2 is 2.24 bits per heavy atom. The van der Waals surface area contributed by atoms with Gasteiger partial charge in [0.05, 0.1) is 12.2 Å². The molecule has 0 bridgehead atoms. The molecule has 1 aromatic rings. The van der Waals surface area contributed by atoms with E-state index in [1.807, 2.05) is 34.7 Å². The Morgan fingerprint density at radius 1 is 1.59 bits per heavy atom. The summed E-state index contributed by atoms with van der Waals surface area (Å²) in [6, 6.07) is 7.22. The molecule has 0 aliphatic heterocycles. The van der Waals surface area contributed by atoms with Crippen molar-refractivity contribution in [3.63, 3.8) is 0 Å². The molecule has 0 aromatic heterocycles. The van der Waals surface area contributed by atoms with Crippen LogP contribution in [0.15, 0.2) is 38.4 Å². The van der Waals surface area contributed by atoms with Crippen molar-refractivity contribution in [3.05, 3.63) is 44.0 Å². The number of carbonyl (C=O) groups is 1. The molecule has 3 nitrogen and oxygen atoms in total. The zero-order valence-corrected chi connectivity index (χ0v) is 12.9. The monoisotopic (exact) mass is 410 g/mol. The number of ether oxygens (including phenoxy) is 1. The van der Waals surface area contributed by atoms with Crippen LogP contribution in [0.3, 0.4) is 0 Å². The van der Waals surface area contributed by atoms with Crippen LogP contribution in [0, 0.1) is 0 Å². The van der Waals surface area contributed by atoms with Crippen molar-refractivity contribution in [2.45, 2.75) is 13.0 Å². The minimum atomic E-state index is -0.985. The van der Waals surface area contributed by atoms with Gasteiger partial charge in [-0.05, 0) is 22.6 Å². The van der Waals surface area contributed by atoms with Gasteiger partial charge in [-0.2, -0.15) is 0 Å². The molecule has 0 saturated carbocycles. The molecule has 17 heavy (non-hydrogen) atoms. The third-order valence-electron chi connectivity index (χ3n) is 2.12. The van der Waals surface area contributed by atoms with Gasteiger partial charge >= 0.3 is 5.97 Å². The van der Waals surface area contributed by atoms with Crippen LogP contribution in [-0.2, 0) is 9.53 Å². The van der Waals surface area contributed by atoms with Gasteiger partial charge < -0.3 is 9.84 Å². The first kappa shape index (κ1) is 14.7. The summed E-state index contributed by atoms with van der Waals surface area (Å²) in [6.45, 7) is 2.02. The van der Waals surface area contributed by atoms with Crippen LogP contribution in [0.1, 0.15) is 18.6 Å². The van der Waals surface area contributed by atoms with Gasteiger partial charge in [-0.3, -0.25) is 0 Å². The van der Waals surface area contributed by atoms with Crippen molar-refractivity contribution in [2.75, 3.05) is 6.61 Å². The molecule has 1 N–H and O–H groups in total. The lowest BCUT2D eigenvalue weighted by Crippen LogP contribution is -2.14. The Labute approximate surface area is 122 Å². The van der Waals surface area contributed by atoms with E-state index in [1.165, 1.54) is 0 Å². The maximum absolute atomic E-state index is 11.6. The van der Waals surface area contributed by atoms with E-state index in [9.17, 15) is 9.90 Å². The molecule has 1 unspecified atom stereocenters. The second-order valence-electron chi connectivity index (χ2n) is 3.21. The zero-order valence-electron chi connectivity index (χ0n) is 9.19. The largest absolute Gasteiger partial charge is 0.463 e. The lowest BCUT2D eigenvalue weighted by Gasteiger charge is -2.14. The minimum Gasteiger partial charge on any atom is -0.463 e. The predicted octanol–water partition coefficient (Wildman–Crippen LogP) is 3.36. The molecule has 0 radical (unpaired) electrons. The highest BCUT2D eigenvalue weighted by Gasteiger charge is 2.22. The topological polar surface area (TPSA) is 46.5 Å². The summed E-state index contributed by atoms with van der Waals surface area (Å²) in [6.07, 6.45) is -0.985. The average molecular weight is 411 g/mol. The fourth-order valence-corrected chi connectivity index (χ4v) is 2.39. The van der Waals surface area contributed by atoms with Crippen molar-refractivity contribution in [3.8, 4) is 0 Å². The molecule has 92 valence electrons. The highest BCUT2D eigenvalue weighted by Crippen LogP contribution is 2.29. The Morgan fingerprint density at radius 3 is 2.76 bits per heavy atom. The molecule has 0 saturated heterocycles. The van der Waals surface area contributed by atoms with E-state index in [-0.39, 0.29) is 12.2 Å². The lowest BCUT2D eigenvalue weighted by atomic mass is 10.0. The van der Waals surface area contributed by atoms with Gasteiger partial charge in [-0.15, -0.1) is 0 Å². The van der Waals surface area contributed by atoms with Gasteiger partial charge in [0.15, 0.2) is 0 Å². The smallest absolute Gasteiger partial charge is 0.337 e. The molecule has 5 heteroatoms. The fraction of sp³-hybridized carbons (Fsp3) is 0.250. The molecule has 0 spiro atoms.